The van der Waals surface area contributed by atoms with Gasteiger partial charge in [-0.3, -0.25) is 10.1 Å². The zero-order chi connectivity index (χ0) is 28.8. The van der Waals surface area contributed by atoms with Crippen molar-refractivity contribution in [3.8, 4) is 5.75 Å². The van der Waals surface area contributed by atoms with Crippen LogP contribution < -0.4 is 10.5 Å². The second kappa shape index (κ2) is 12.5. The highest BCUT2D eigenvalue weighted by Crippen LogP contribution is 2.38. The maximum Gasteiger partial charge on any atom is 0.337 e. The number of fused-ring (bicyclic) bond motifs is 1. The Kier molecular flexibility index (Phi) is 8.41. The van der Waals surface area contributed by atoms with E-state index in [0.29, 0.717) is 37.3 Å². The molecule has 0 aliphatic heterocycles. The van der Waals surface area contributed by atoms with E-state index in [1.165, 1.54) is 7.11 Å². The van der Waals surface area contributed by atoms with E-state index in [0.717, 1.165) is 33.3 Å². The number of nitrogens with two attached hydrogens (primary N) is 1. The summed E-state index contributed by atoms with van der Waals surface area (Å²) in [5.41, 5.74) is 11.7. The number of ether oxygens (including phenoxy) is 2. The van der Waals surface area contributed by atoms with Gasteiger partial charge in [-0.05, 0) is 53.6 Å². The second-order valence-corrected chi connectivity index (χ2v) is 9.63. The molecule has 5 rings (SSSR count). The molecule has 0 atom stereocenters. The lowest BCUT2D eigenvalue weighted by Crippen LogP contribution is -2.18. The number of nitrogens with zero attached hydrogens (tertiary/aromatic N) is 2. The van der Waals surface area contributed by atoms with Gasteiger partial charge in [0, 0.05) is 41.6 Å². The Morgan fingerprint density at radius 2 is 1.54 bits per heavy atom. The molecule has 41 heavy (non-hydrogen) atoms. The number of rotatable bonds is 11. The molecule has 0 fully saturated rings. The molecule has 0 spiro atoms. The first kappa shape index (κ1) is 27.6. The van der Waals surface area contributed by atoms with E-state index in [-0.39, 0.29) is 16.7 Å². The minimum absolute atomic E-state index is 0.0329. The summed E-state index contributed by atoms with van der Waals surface area (Å²) >= 11 is 0. The van der Waals surface area contributed by atoms with Crippen molar-refractivity contribution >= 4 is 22.6 Å². The molecule has 0 unspecified atom stereocenters. The lowest BCUT2D eigenvalue weighted by Gasteiger charge is -2.25. The first-order chi connectivity index (χ1) is 20.0. The molecule has 0 aliphatic rings. The average Bonchev–Trinajstić information content (AvgIpc) is 3.30. The highest BCUT2D eigenvalue weighted by atomic mass is 16.6. The lowest BCUT2D eigenvalue weighted by molar-refractivity contribution is -0.384. The fourth-order valence-corrected chi connectivity index (χ4v) is 5.35. The van der Waals surface area contributed by atoms with E-state index < -0.39 is 5.97 Å². The van der Waals surface area contributed by atoms with E-state index in [4.69, 9.17) is 15.2 Å². The van der Waals surface area contributed by atoms with Crippen molar-refractivity contribution in [1.82, 2.24) is 4.57 Å². The van der Waals surface area contributed by atoms with E-state index >= 15 is 0 Å². The molecule has 8 heteroatoms. The van der Waals surface area contributed by atoms with Gasteiger partial charge in [-0.1, -0.05) is 60.7 Å². The predicted molar refractivity (Wildman–Crippen MR) is 158 cm³/mol. The number of benzene rings is 4. The van der Waals surface area contributed by atoms with Crippen LogP contribution in [0.5, 0.6) is 5.75 Å². The van der Waals surface area contributed by atoms with Gasteiger partial charge in [-0.15, -0.1) is 0 Å². The molecule has 0 radical (unpaired) electrons. The summed E-state index contributed by atoms with van der Waals surface area (Å²) in [6.07, 6.45) is 1.09. The molecule has 0 aliphatic carbocycles. The fraction of sp³-hybridized carbons (Fsp3) is 0.182. The van der Waals surface area contributed by atoms with Crippen LogP contribution in [-0.2, 0) is 17.6 Å². The van der Waals surface area contributed by atoms with Crippen LogP contribution in [0.25, 0.3) is 10.9 Å². The van der Waals surface area contributed by atoms with Crippen LogP contribution in [-0.4, -0.2) is 35.7 Å². The molecule has 1 heterocycles. The van der Waals surface area contributed by atoms with Gasteiger partial charge in [0.1, 0.15) is 5.75 Å². The summed E-state index contributed by atoms with van der Waals surface area (Å²) < 4.78 is 13.1. The minimum Gasteiger partial charge on any atom is -0.493 e. The molecule has 2 N–H and O–H groups in total. The van der Waals surface area contributed by atoms with Crippen LogP contribution in [0.4, 0.5) is 5.69 Å². The Balaban J connectivity index is 1.61. The van der Waals surface area contributed by atoms with Gasteiger partial charge >= 0.3 is 5.97 Å². The largest absolute Gasteiger partial charge is 0.493 e. The van der Waals surface area contributed by atoms with Crippen molar-refractivity contribution in [2.24, 2.45) is 5.73 Å². The van der Waals surface area contributed by atoms with E-state index in [1.807, 2.05) is 42.5 Å². The van der Waals surface area contributed by atoms with Crippen LogP contribution >= 0.6 is 0 Å². The number of non-ortho nitro benzene ring substituents is 1. The molecular formula is C33H31N3O5. The van der Waals surface area contributed by atoms with Crippen molar-refractivity contribution in [2.75, 3.05) is 20.3 Å². The Bertz CT molecular complexity index is 1610. The number of methoxy groups -OCH3 is 1. The summed E-state index contributed by atoms with van der Waals surface area (Å²) in [5.74, 6) is 0.197. The molecule has 5 aromatic rings. The normalized spacial score (nSPS) is 11.1. The number of hydrogen-bond donors (Lipinski definition) is 1. The zero-order valence-electron chi connectivity index (χ0n) is 22.7. The molecule has 208 valence electrons. The Hall–Kier alpha value is -4.95. The minimum atomic E-state index is -0.413. The van der Waals surface area contributed by atoms with Gasteiger partial charge in [0.05, 0.1) is 30.2 Å². The summed E-state index contributed by atoms with van der Waals surface area (Å²) in [6, 6.07) is 32.1. The monoisotopic (exact) mass is 549 g/mol. The van der Waals surface area contributed by atoms with Crippen molar-refractivity contribution in [2.45, 2.75) is 18.9 Å². The number of nitro benzene ring substituents is 1. The average molecular weight is 550 g/mol. The fourth-order valence-electron chi connectivity index (χ4n) is 5.35. The van der Waals surface area contributed by atoms with Crippen molar-refractivity contribution in [3.63, 3.8) is 0 Å². The molecule has 4 aromatic carbocycles. The topological polar surface area (TPSA) is 110 Å². The van der Waals surface area contributed by atoms with E-state index in [9.17, 15) is 14.9 Å². The van der Waals surface area contributed by atoms with Crippen molar-refractivity contribution in [1.29, 1.82) is 0 Å². The van der Waals surface area contributed by atoms with Gasteiger partial charge in [0.15, 0.2) is 0 Å². The summed E-state index contributed by atoms with van der Waals surface area (Å²) in [4.78, 5) is 23.2. The third-order valence-corrected chi connectivity index (χ3v) is 7.18. The Morgan fingerprint density at radius 1 is 0.902 bits per heavy atom. The van der Waals surface area contributed by atoms with Crippen LogP contribution in [0, 0.1) is 10.1 Å². The molecule has 0 bridgehead atoms. The first-order valence-electron chi connectivity index (χ1n) is 13.4. The zero-order valence-corrected chi connectivity index (χ0v) is 22.7. The quantitative estimate of drug-likeness (QED) is 0.121. The number of esters is 1. The van der Waals surface area contributed by atoms with Gasteiger partial charge < -0.3 is 19.8 Å². The number of carbonyl (C=O) groups is 1. The third kappa shape index (κ3) is 5.83. The van der Waals surface area contributed by atoms with Gasteiger partial charge in [0.25, 0.3) is 5.69 Å². The third-order valence-electron chi connectivity index (χ3n) is 7.18. The number of nitro groups is 1. The molecule has 0 saturated heterocycles. The smallest absolute Gasteiger partial charge is 0.337 e. The lowest BCUT2D eigenvalue weighted by atomic mass is 9.97. The predicted octanol–water partition coefficient (Wildman–Crippen LogP) is 6.10. The first-order valence-corrected chi connectivity index (χ1v) is 13.4. The van der Waals surface area contributed by atoms with Crippen molar-refractivity contribution < 1.29 is 19.2 Å². The van der Waals surface area contributed by atoms with Crippen LogP contribution in [0.3, 0.4) is 0 Å². The standard InChI is InChI=1S/C33H31N3O5/c1-40-33(37)25-12-15-27(16-13-25)41-21-19-28-29-22-26(36(38)39)14-17-30(29)35(31(28)18-20-34)32(23-8-4-2-5-9-23)24-10-6-3-7-11-24/h2-17,22,32H,18-21,34H2,1H3. The Morgan fingerprint density at radius 3 is 2.10 bits per heavy atom. The summed E-state index contributed by atoms with van der Waals surface area (Å²) in [6.45, 7) is 0.746. The van der Waals surface area contributed by atoms with Gasteiger partial charge in [-0.2, -0.15) is 0 Å². The molecule has 0 amide bonds. The maximum absolute atomic E-state index is 11.8. The molecule has 1 aromatic heterocycles. The van der Waals surface area contributed by atoms with Crippen LogP contribution in [0.1, 0.15) is 38.8 Å². The van der Waals surface area contributed by atoms with Crippen LogP contribution in [0.15, 0.2) is 103 Å². The highest BCUT2D eigenvalue weighted by molar-refractivity contribution is 5.89. The van der Waals surface area contributed by atoms with Gasteiger partial charge in [-0.25, -0.2) is 4.79 Å². The van der Waals surface area contributed by atoms with E-state index in [2.05, 4.69) is 28.8 Å². The second-order valence-electron chi connectivity index (χ2n) is 9.63. The molecule has 8 nitrogen and oxygen atoms in total. The highest BCUT2D eigenvalue weighted by Gasteiger charge is 2.26. The Labute approximate surface area is 238 Å². The van der Waals surface area contributed by atoms with Gasteiger partial charge in [0.2, 0.25) is 0 Å². The summed E-state index contributed by atoms with van der Waals surface area (Å²) in [5, 5.41) is 12.6. The number of aromatic nitrogens is 1. The van der Waals surface area contributed by atoms with Crippen LogP contribution in [0.2, 0.25) is 0 Å². The van der Waals surface area contributed by atoms with E-state index in [1.54, 1.807) is 36.4 Å². The molecule has 0 saturated carbocycles. The summed E-state index contributed by atoms with van der Waals surface area (Å²) in [7, 11) is 1.34. The maximum atomic E-state index is 11.8. The van der Waals surface area contributed by atoms with Crippen molar-refractivity contribution in [3.05, 3.63) is 141 Å². The molecular weight excluding hydrogens is 518 g/mol. The number of hydrogen-bond acceptors (Lipinski definition) is 6. The SMILES string of the molecule is COC(=O)c1ccc(OCCc2c(CCN)n(C(c3ccccc3)c3ccccc3)c3ccc([N+](=O)[O-])cc23)cc1. The number of carbonyl (C=O) groups excluding carboxylic acids is 1.